The molecule has 6 heteroatoms. The van der Waals surface area contributed by atoms with Crippen LogP contribution in [-0.4, -0.2) is 25.8 Å². The Hall–Kier alpha value is -0.940. The first-order chi connectivity index (χ1) is 8.61. The third-order valence-corrected chi connectivity index (χ3v) is 3.83. The number of benzene rings is 1. The molecule has 0 saturated heterocycles. The number of nitrogens with zero attached hydrogens (tertiary/aromatic N) is 2. The summed E-state index contributed by atoms with van der Waals surface area (Å²) in [6.07, 6.45) is 2.47. The molecule has 1 atom stereocenters. The number of imidazole rings is 1. The molecule has 1 aromatic carbocycles. The lowest BCUT2D eigenvalue weighted by Crippen LogP contribution is -2.06. The molecule has 0 spiro atoms. The summed E-state index contributed by atoms with van der Waals surface area (Å²) in [5.41, 5.74) is 1.48. The number of hydrogen-bond donors (Lipinski definition) is 0. The second kappa shape index (κ2) is 5.80. The summed E-state index contributed by atoms with van der Waals surface area (Å²) in [5.74, 6) is 1.34. The molecule has 0 aliphatic rings. The summed E-state index contributed by atoms with van der Waals surface area (Å²) in [6.45, 7) is 0.698. The van der Waals surface area contributed by atoms with E-state index in [1.54, 1.807) is 12.3 Å². The van der Waals surface area contributed by atoms with E-state index in [-0.39, 0.29) is 11.7 Å². The van der Waals surface area contributed by atoms with Crippen molar-refractivity contribution in [3.63, 3.8) is 0 Å². The van der Waals surface area contributed by atoms with Crippen molar-refractivity contribution in [3.05, 3.63) is 29.8 Å². The summed E-state index contributed by atoms with van der Waals surface area (Å²) in [4.78, 5) is 4.30. The molecule has 0 saturated carbocycles. The zero-order chi connectivity index (χ0) is 13.1. The van der Waals surface area contributed by atoms with Gasteiger partial charge in [0.05, 0.1) is 16.9 Å². The van der Waals surface area contributed by atoms with Crippen LogP contribution in [-0.2, 0) is 23.2 Å². The molecule has 0 aliphatic heterocycles. The first-order valence-corrected chi connectivity index (χ1v) is 7.88. The lowest BCUT2D eigenvalue weighted by molar-refractivity contribution is 0.629. The van der Waals surface area contributed by atoms with Crippen molar-refractivity contribution >= 4 is 33.4 Å². The van der Waals surface area contributed by atoms with E-state index in [0.29, 0.717) is 17.8 Å². The number of aryl methyl sites for hydroxylation is 1. The molecule has 18 heavy (non-hydrogen) atoms. The number of halogens is 2. The van der Waals surface area contributed by atoms with Crippen LogP contribution in [0.3, 0.4) is 0 Å². The van der Waals surface area contributed by atoms with Crippen LogP contribution in [0.2, 0.25) is 0 Å². The van der Waals surface area contributed by atoms with E-state index in [9.17, 15) is 8.60 Å². The molecule has 0 N–H and O–H groups in total. The summed E-state index contributed by atoms with van der Waals surface area (Å²) < 4.78 is 26.1. The molecular formula is C12H14ClFN2OS. The monoisotopic (exact) mass is 288 g/mol. The van der Waals surface area contributed by atoms with Gasteiger partial charge in [-0.25, -0.2) is 9.37 Å². The van der Waals surface area contributed by atoms with Crippen LogP contribution in [0.15, 0.2) is 18.2 Å². The number of hydrogen-bond acceptors (Lipinski definition) is 2. The molecule has 0 radical (unpaired) electrons. The minimum atomic E-state index is -0.800. The van der Waals surface area contributed by atoms with E-state index >= 15 is 0 Å². The van der Waals surface area contributed by atoms with Crippen molar-refractivity contribution in [2.45, 2.75) is 18.8 Å². The summed E-state index contributed by atoms with van der Waals surface area (Å²) in [7, 11) is -0.800. The fourth-order valence-corrected chi connectivity index (χ4v) is 2.67. The summed E-state index contributed by atoms with van der Waals surface area (Å²) in [5, 5.41) is 0. The molecule has 1 unspecified atom stereocenters. The first-order valence-electron chi connectivity index (χ1n) is 5.62. The van der Waals surface area contributed by atoms with Gasteiger partial charge in [0, 0.05) is 35.4 Å². The van der Waals surface area contributed by atoms with Gasteiger partial charge >= 0.3 is 0 Å². The maximum atomic E-state index is 13.1. The van der Waals surface area contributed by atoms with Crippen molar-refractivity contribution in [1.82, 2.24) is 9.55 Å². The Labute approximate surface area is 112 Å². The average molecular weight is 289 g/mol. The van der Waals surface area contributed by atoms with Crippen molar-refractivity contribution < 1.29 is 8.60 Å². The van der Waals surface area contributed by atoms with Crippen LogP contribution in [0.5, 0.6) is 0 Å². The molecule has 98 valence electrons. The smallest absolute Gasteiger partial charge is 0.125 e. The lowest BCUT2D eigenvalue weighted by atomic mass is 10.3. The fraction of sp³-hybridized carbons (Fsp3) is 0.417. The van der Waals surface area contributed by atoms with Gasteiger partial charge in [0.1, 0.15) is 11.6 Å². The van der Waals surface area contributed by atoms with Crippen molar-refractivity contribution in [3.8, 4) is 0 Å². The SMILES string of the molecule is CS(=O)CCCn1c(CCl)nc2cc(F)ccc21. The lowest BCUT2D eigenvalue weighted by Gasteiger charge is -2.06. The highest BCUT2D eigenvalue weighted by molar-refractivity contribution is 7.84. The highest BCUT2D eigenvalue weighted by Gasteiger charge is 2.10. The molecule has 1 heterocycles. The zero-order valence-corrected chi connectivity index (χ0v) is 11.6. The van der Waals surface area contributed by atoms with E-state index in [4.69, 9.17) is 11.6 Å². The van der Waals surface area contributed by atoms with Crippen LogP contribution in [0, 0.1) is 5.82 Å². The van der Waals surface area contributed by atoms with E-state index in [0.717, 1.165) is 17.8 Å². The van der Waals surface area contributed by atoms with Crippen molar-refractivity contribution in [2.24, 2.45) is 0 Å². The zero-order valence-electron chi connectivity index (χ0n) is 10.0. The van der Waals surface area contributed by atoms with Crippen LogP contribution in [0.25, 0.3) is 11.0 Å². The fourth-order valence-electron chi connectivity index (χ4n) is 1.93. The Morgan fingerprint density at radius 1 is 1.50 bits per heavy atom. The van der Waals surface area contributed by atoms with Gasteiger partial charge in [-0.1, -0.05) is 0 Å². The second-order valence-corrected chi connectivity index (χ2v) is 5.90. The van der Waals surface area contributed by atoms with Crippen molar-refractivity contribution in [1.29, 1.82) is 0 Å². The largest absolute Gasteiger partial charge is 0.327 e. The highest BCUT2D eigenvalue weighted by atomic mass is 35.5. The Morgan fingerprint density at radius 2 is 2.28 bits per heavy atom. The van der Waals surface area contributed by atoms with E-state index in [1.807, 2.05) is 4.57 Å². The standard InChI is InChI=1S/C12H14ClFN2OS/c1-18(17)6-2-5-16-11-4-3-9(14)7-10(11)15-12(16)8-13/h3-4,7H,2,5-6,8H2,1H3. The Balaban J connectivity index is 2.31. The molecular weight excluding hydrogens is 275 g/mol. The van der Waals surface area contributed by atoms with E-state index in [2.05, 4.69) is 4.98 Å². The van der Waals surface area contributed by atoms with Gasteiger partial charge in [0.25, 0.3) is 0 Å². The third-order valence-electron chi connectivity index (χ3n) is 2.72. The molecule has 0 aliphatic carbocycles. The number of rotatable bonds is 5. The molecule has 0 fully saturated rings. The van der Waals surface area contributed by atoms with Crippen LogP contribution >= 0.6 is 11.6 Å². The van der Waals surface area contributed by atoms with Crippen molar-refractivity contribution in [2.75, 3.05) is 12.0 Å². The molecule has 1 aromatic heterocycles. The molecule has 0 amide bonds. The normalized spacial score (nSPS) is 13.1. The Bertz CT molecular complexity index is 585. The third kappa shape index (κ3) is 2.90. The molecule has 2 aromatic rings. The Kier molecular flexibility index (Phi) is 4.35. The maximum Gasteiger partial charge on any atom is 0.125 e. The Morgan fingerprint density at radius 3 is 2.94 bits per heavy atom. The van der Waals surface area contributed by atoms with Gasteiger partial charge in [0.2, 0.25) is 0 Å². The quantitative estimate of drug-likeness (QED) is 0.793. The second-order valence-electron chi connectivity index (χ2n) is 4.08. The summed E-state index contributed by atoms with van der Waals surface area (Å²) >= 11 is 5.85. The minimum Gasteiger partial charge on any atom is -0.327 e. The van der Waals surface area contributed by atoms with Gasteiger partial charge in [0.15, 0.2) is 0 Å². The molecule has 0 bridgehead atoms. The minimum absolute atomic E-state index is 0.283. The van der Waals surface area contributed by atoms with Gasteiger partial charge in [-0.2, -0.15) is 0 Å². The summed E-state index contributed by atoms with van der Waals surface area (Å²) in [6, 6.07) is 4.52. The first kappa shape index (κ1) is 13.5. The van der Waals surface area contributed by atoms with Gasteiger partial charge in [-0.15, -0.1) is 11.6 Å². The number of alkyl halides is 1. The molecule has 2 rings (SSSR count). The van der Waals surface area contributed by atoms with Crippen LogP contribution < -0.4 is 0 Å². The highest BCUT2D eigenvalue weighted by Crippen LogP contribution is 2.19. The number of aromatic nitrogens is 2. The van der Waals surface area contributed by atoms with Gasteiger partial charge in [-0.3, -0.25) is 4.21 Å². The van der Waals surface area contributed by atoms with Crippen LogP contribution in [0.4, 0.5) is 4.39 Å². The van der Waals surface area contributed by atoms with Gasteiger partial charge in [-0.05, 0) is 18.6 Å². The average Bonchev–Trinajstić information content (AvgIpc) is 2.66. The van der Waals surface area contributed by atoms with E-state index < -0.39 is 10.8 Å². The number of fused-ring (bicyclic) bond motifs is 1. The van der Waals surface area contributed by atoms with Crippen LogP contribution in [0.1, 0.15) is 12.2 Å². The molecule has 3 nitrogen and oxygen atoms in total. The maximum absolute atomic E-state index is 13.1. The topological polar surface area (TPSA) is 34.9 Å². The predicted octanol–water partition coefficient (Wildman–Crippen LogP) is 2.68. The van der Waals surface area contributed by atoms with Gasteiger partial charge < -0.3 is 4.57 Å². The van der Waals surface area contributed by atoms with E-state index in [1.165, 1.54) is 12.1 Å². The predicted molar refractivity (Wildman–Crippen MR) is 72.8 cm³/mol.